The molecule has 4 rings (SSSR count). The van der Waals surface area contributed by atoms with Crippen LogP contribution in [0.5, 0.6) is 0 Å². The summed E-state index contributed by atoms with van der Waals surface area (Å²) in [6.45, 7) is 3.85. The highest BCUT2D eigenvalue weighted by Crippen LogP contribution is 2.29. The zero-order valence-electron chi connectivity index (χ0n) is 14.8. The number of nitrogens with zero attached hydrogens (tertiary/aromatic N) is 2. The Morgan fingerprint density at radius 1 is 1.19 bits per heavy atom. The van der Waals surface area contributed by atoms with Gasteiger partial charge in [0.05, 0.1) is 5.69 Å². The number of hydrogen-bond acceptors (Lipinski definition) is 3. The van der Waals surface area contributed by atoms with Gasteiger partial charge in [-0.05, 0) is 56.4 Å². The number of para-hydroxylation sites is 1. The van der Waals surface area contributed by atoms with Gasteiger partial charge in [-0.25, -0.2) is 4.68 Å². The Labute approximate surface area is 150 Å². The number of aromatic nitrogens is 3. The van der Waals surface area contributed by atoms with Crippen molar-refractivity contribution in [2.24, 2.45) is 0 Å². The summed E-state index contributed by atoms with van der Waals surface area (Å²) < 4.78 is 1.89. The molecule has 2 N–H and O–H groups in total. The van der Waals surface area contributed by atoms with Crippen LogP contribution in [0.3, 0.4) is 0 Å². The first-order valence-electron chi connectivity index (χ1n) is 8.72. The highest BCUT2D eigenvalue weighted by atomic mass is 16.2. The molecule has 0 saturated heterocycles. The normalized spacial score (nSPS) is 12.8. The number of hydrogen-bond donors (Lipinski definition) is 2. The number of pyridine rings is 1. The molecule has 0 bridgehead atoms. The van der Waals surface area contributed by atoms with Crippen LogP contribution in [0.25, 0.3) is 5.69 Å². The summed E-state index contributed by atoms with van der Waals surface area (Å²) in [5.74, 6) is 0.0916. The largest absolute Gasteiger partial charge is 0.309 e. The quantitative estimate of drug-likeness (QED) is 0.764. The van der Waals surface area contributed by atoms with Gasteiger partial charge < -0.3 is 10.3 Å². The maximum Gasteiger partial charge on any atom is 0.277 e. The first kappa shape index (κ1) is 16.3. The molecule has 3 aromatic rings. The molecule has 2 aromatic heterocycles. The molecule has 0 radical (unpaired) electrons. The van der Waals surface area contributed by atoms with Crippen LogP contribution in [0, 0.1) is 13.8 Å². The molecule has 1 aliphatic rings. The third-order valence-electron chi connectivity index (χ3n) is 4.73. The van der Waals surface area contributed by atoms with Gasteiger partial charge >= 0.3 is 0 Å². The standard InChI is InChI=1S/C20H20N4O2/c1-12-10-17(21-18(25)11-12)22-20(26)19-14-7-5-9-16(14)24(23-19)15-8-4-3-6-13(15)2/h3-4,6,8,10-11H,5,7,9H2,1-2H3,(H2,21,22,25,26). The minimum absolute atomic E-state index is 0.240. The molecule has 0 atom stereocenters. The van der Waals surface area contributed by atoms with E-state index >= 15 is 0 Å². The third kappa shape index (κ3) is 2.83. The first-order chi connectivity index (χ1) is 12.5. The van der Waals surface area contributed by atoms with Gasteiger partial charge in [-0.3, -0.25) is 9.59 Å². The van der Waals surface area contributed by atoms with Crippen molar-refractivity contribution in [1.82, 2.24) is 14.8 Å². The number of aryl methyl sites for hydroxylation is 2. The molecule has 6 heteroatoms. The van der Waals surface area contributed by atoms with Crippen molar-refractivity contribution in [2.45, 2.75) is 33.1 Å². The fraction of sp³-hybridized carbons (Fsp3) is 0.250. The zero-order valence-corrected chi connectivity index (χ0v) is 14.8. The first-order valence-corrected chi connectivity index (χ1v) is 8.72. The highest BCUT2D eigenvalue weighted by molar-refractivity contribution is 6.03. The van der Waals surface area contributed by atoms with Gasteiger partial charge in [0.2, 0.25) is 5.56 Å². The number of amides is 1. The average molecular weight is 348 g/mol. The van der Waals surface area contributed by atoms with E-state index in [1.54, 1.807) is 6.07 Å². The van der Waals surface area contributed by atoms with Crippen LogP contribution < -0.4 is 10.9 Å². The summed E-state index contributed by atoms with van der Waals surface area (Å²) >= 11 is 0. The number of rotatable bonds is 3. The molecule has 26 heavy (non-hydrogen) atoms. The molecular weight excluding hydrogens is 328 g/mol. The Hall–Kier alpha value is -3.15. The lowest BCUT2D eigenvalue weighted by atomic mass is 10.2. The molecule has 132 valence electrons. The van der Waals surface area contributed by atoms with E-state index in [4.69, 9.17) is 0 Å². The predicted octanol–water partition coefficient (Wildman–Crippen LogP) is 2.92. The average Bonchev–Trinajstić information content (AvgIpc) is 3.16. The molecule has 0 spiro atoms. The maximum absolute atomic E-state index is 12.8. The van der Waals surface area contributed by atoms with Crippen LogP contribution in [0.1, 0.15) is 39.3 Å². The lowest BCUT2D eigenvalue weighted by molar-refractivity contribution is 0.102. The van der Waals surface area contributed by atoms with Gasteiger partial charge in [-0.1, -0.05) is 18.2 Å². The second kappa shape index (κ2) is 6.29. The van der Waals surface area contributed by atoms with Crippen LogP contribution in [-0.2, 0) is 12.8 Å². The monoisotopic (exact) mass is 348 g/mol. The van der Waals surface area contributed by atoms with Crippen molar-refractivity contribution < 1.29 is 4.79 Å². The van der Waals surface area contributed by atoms with Crippen molar-refractivity contribution in [2.75, 3.05) is 5.32 Å². The van der Waals surface area contributed by atoms with Crippen LogP contribution >= 0.6 is 0 Å². The summed E-state index contributed by atoms with van der Waals surface area (Å²) in [7, 11) is 0. The van der Waals surface area contributed by atoms with Gasteiger partial charge in [-0.15, -0.1) is 0 Å². The van der Waals surface area contributed by atoms with Crippen LogP contribution in [0.2, 0.25) is 0 Å². The van der Waals surface area contributed by atoms with Gasteiger partial charge in [0.1, 0.15) is 5.82 Å². The molecule has 6 nitrogen and oxygen atoms in total. The minimum Gasteiger partial charge on any atom is -0.309 e. The summed E-state index contributed by atoms with van der Waals surface area (Å²) in [5.41, 5.74) is 5.19. The van der Waals surface area contributed by atoms with Crippen LogP contribution in [-0.4, -0.2) is 20.7 Å². The maximum atomic E-state index is 12.8. The van der Waals surface area contributed by atoms with Gasteiger partial charge in [0.15, 0.2) is 5.69 Å². The van der Waals surface area contributed by atoms with E-state index in [9.17, 15) is 9.59 Å². The third-order valence-corrected chi connectivity index (χ3v) is 4.73. The molecule has 1 amide bonds. The van der Waals surface area contributed by atoms with E-state index in [1.165, 1.54) is 6.07 Å². The number of fused-ring (bicyclic) bond motifs is 1. The van der Waals surface area contributed by atoms with E-state index in [0.29, 0.717) is 11.5 Å². The summed E-state index contributed by atoms with van der Waals surface area (Å²) in [6, 6.07) is 11.2. The Morgan fingerprint density at radius 2 is 2.00 bits per heavy atom. The second-order valence-electron chi connectivity index (χ2n) is 6.72. The van der Waals surface area contributed by atoms with Gasteiger partial charge in [-0.2, -0.15) is 5.10 Å². The lowest BCUT2D eigenvalue weighted by Crippen LogP contribution is -2.18. The SMILES string of the molecule is Cc1cc(NC(=O)c2nn(-c3ccccc3C)c3c2CCC3)[nH]c(=O)c1. The van der Waals surface area contributed by atoms with E-state index in [0.717, 1.165) is 47.3 Å². The summed E-state index contributed by atoms with van der Waals surface area (Å²) in [6.07, 6.45) is 2.76. The summed E-state index contributed by atoms with van der Waals surface area (Å²) in [4.78, 5) is 27.1. The molecule has 0 unspecified atom stereocenters. The molecule has 1 aliphatic carbocycles. The van der Waals surface area contributed by atoms with Crippen LogP contribution in [0.15, 0.2) is 41.2 Å². The topological polar surface area (TPSA) is 79.8 Å². The Balaban J connectivity index is 1.73. The molecule has 2 heterocycles. The van der Waals surface area contributed by atoms with Crippen molar-refractivity contribution in [3.63, 3.8) is 0 Å². The Kier molecular flexibility index (Phi) is 3.95. The molecule has 0 aliphatic heterocycles. The van der Waals surface area contributed by atoms with Crippen molar-refractivity contribution >= 4 is 11.7 Å². The van der Waals surface area contributed by atoms with Crippen molar-refractivity contribution in [1.29, 1.82) is 0 Å². The fourth-order valence-corrected chi connectivity index (χ4v) is 3.55. The molecule has 1 aromatic carbocycles. The Morgan fingerprint density at radius 3 is 2.77 bits per heavy atom. The number of nitrogens with one attached hydrogen (secondary N) is 2. The Bertz CT molecular complexity index is 1060. The molecule has 0 saturated carbocycles. The number of benzene rings is 1. The number of carbonyl (C=O) groups is 1. The molecular formula is C20H20N4O2. The summed E-state index contributed by atoms with van der Waals surface area (Å²) in [5, 5.41) is 7.40. The van der Waals surface area contributed by atoms with Gasteiger partial charge in [0, 0.05) is 17.3 Å². The second-order valence-corrected chi connectivity index (χ2v) is 6.72. The van der Waals surface area contributed by atoms with E-state index < -0.39 is 0 Å². The fourth-order valence-electron chi connectivity index (χ4n) is 3.55. The van der Waals surface area contributed by atoms with Gasteiger partial charge in [0.25, 0.3) is 5.91 Å². The highest BCUT2D eigenvalue weighted by Gasteiger charge is 2.27. The molecule has 0 fully saturated rings. The van der Waals surface area contributed by atoms with Crippen LogP contribution in [0.4, 0.5) is 5.82 Å². The van der Waals surface area contributed by atoms with Crippen molar-refractivity contribution in [3.05, 3.63) is 74.8 Å². The van der Waals surface area contributed by atoms with E-state index in [-0.39, 0.29) is 11.5 Å². The number of carbonyl (C=O) groups excluding carboxylic acids is 1. The van der Waals surface area contributed by atoms with E-state index in [1.807, 2.05) is 42.8 Å². The minimum atomic E-state index is -0.295. The number of H-pyrrole nitrogens is 1. The number of anilines is 1. The smallest absolute Gasteiger partial charge is 0.277 e. The van der Waals surface area contributed by atoms with Crippen molar-refractivity contribution in [3.8, 4) is 5.69 Å². The lowest BCUT2D eigenvalue weighted by Gasteiger charge is -2.08. The predicted molar refractivity (Wildman–Crippen MR) is 100 cm³/mol. The number of aromatic amines is 1. The van der Waals surface area contributed by atoms with E-state index in [2.05, 4.69) is 15.4 Å². The zero-order chi connectivity index (χ0) is 18.3.